The van der Waals surface area contributed by atoms with E-state index in [1.807, 2.05) is 6.92 Å². The van der Waals surface area contributed by atoms with Crippen LogP contribution in [0.4, 0.5) is 4.79 Å². The lowest BCUT2D eigenvalue weighted by molar-refractivity contribution is -0.147. The number of hydrogen-bond donors (Lipinski definition) is 1. The summed E-state index contributed by atoms with van der Waals surface area (Å²) in [5, 5.41) is 9.17. The molecule has 0 saturated carbocycles. The summed E-state index contributed by atoms with van der Waals surface area (Å²) in [7, 11) is 3.16. The van der Waals surface area contributed by atoms with Crippen LogP contribution in [-0.2, 0) is 9.53 Å². The zero-order valence-corrected chi connectivity index (χ0v) is 12.4. The van der Waals surface area contributed by atoms with E-state index in [-0.39, 0.29) is 11.6 Å². The Morgan fingerprint density at radius 2 is 2.00 bits per heavy atom. The Balaban J connectivity index is 2.80. The largest absolute Gasteiger partial charge is 0.480 e. The minimum absolute atomic E-state index is 0.268. The Morgan fingerprint density at radius 1 is 1.42 bits per heavy atom. The summed E-state index contributed by atoms with van der Waals surface area (Å²) in [6.07, 6.45) is 1.76. The van der Waals surface area contributed by atoms with Gasteiger partial charge in [0.2, 0.25) is 0 Å². The van der Waals surface area contributed by atoms with Crippen molar-refractivity contribution in [1.29, 1.82) is 0 Å². The van der Waals surface area contributed by atoms with Gasteiger partial charge in [-0.05, 0) is 33.6 Å². The summed E-state index contributed by atoms with van der Waals surface area (Å²) in [5.41, 5.74) is -1.57. The van der Waals surface area contributed by atoms with Crippen LogP contribution in [0.15, 0.2) is 0 Å². The fourth-order valence-electron chi connectivity index (χ4n) is 2.13. The molecule has 1 rings (SSSR count). The number of carbonyl (C=O) groups excluding carboxylic acids is 1. The van der Waals surface area contributed by atoms with Crippen LogP contribution in [0.3, 0.4) is 0 Å². The normalized spacial score (nSPS) is 24.2. The van der Waals surface area contributed by atoms with Gasteiger partial charge in [-0.3, -0.25) is 0 Å². The van der Waals surface area contributed by atoms with Crippen molar-refractivity contribution in [3.63, 3.8) is 0 Å². The highest BCUT2D eigenvalue weighted by Gasteiger charge is 2.40. The van der Waals surface area contributed by atoms with Crippen LogP contribution >= 0.6 is 0 Å². The Hall–Kier alpha value is -1.30. The Morgan fingerprint density at radius 3 is 2.47 bits per heavy atom. The van der Waals surface area contributed by atoms with Crippen molar-refractivity contribution in [2.45, 2.75) is 44.8 Å². The maximum Gasteiger partial charge on any atom is 0.329 e. The third kappa shape index (κ3) is 3.18. The maximum absolute atomic E-state index is 12.4. The lowest BCUT2D eigenvalue weighted by atomic mass is 9.95. The summed E-state index contributed by atoms with van der Waals surface area (Å²) in [6.45, 7) is 6.13. The van der Waals surface area contributed by atoms with Gasteiger partial charge in [0, 0.05) is 20.7 Å². The molecule has 1 atom stereocenters. The highest BCUT2D eigenvalue weighted by atomic mass is 16.5. The van der Waals surface area contributed by atoms with E-state index in [1.165, 1.54) is 25.8 Å². The fraction of sp³-hybridized carbons (Fsp3) is 0.846. The van der Waals surface area contributed by atoms with Crippen molar-refractivity contribution in [2.24, 2.45) is 0 Å². The molecule has 2 amide bonds. The molecular weight excluding hydrogens is 248 g/mol. The number of hydrogen-bond acceptors (Lipinski definition) is 3. The average Bonchev–Trinajstić information content (AvgIpc) is 2.36. The second-order valence-electron chi connectivity index (χ2n) is 5.88. The van der Waals surface area contributed by atoms with Crippen molar-refractivity contribution in [2.75, 3.05) is 27.2 Å². The minimum atomic E-state index is -1.22. The lowest BCUT2D eigenvalue weighted by Crippen LogP contribution is -2.58. The number of likely N-dealkylation sites (tertiary alicyclic amines) is 1. The molecule has 1 N–H and O–H groups in total. The Labute approximate surface area is 114 Å². The number of carboxylic acids is 1. The molecule has 1 aliphatic rings. The first kappa shape index (κ1) is 15.8. The molecule has 1 aliphatic heterocycles. The predicted octanol–water partition coefficient (Wildman–Crippen LogP) is 1.40. The van der Waals surface area contributed by atoms with Gasteiger partial charge in [0.15, 0.2) is 0 Å². The highest BCUT2D eigenvalue weighted by Crippen LogP contribution is 2.25. The second-order valence-corrected chi connectivity index (χ2v) is 5.88. The predicted molar refractivity (Wildman–Crippen MR) is 71.1 cm³/mol. The molecule has 1 heterocycles. The van der Waals surface area contributed by atoms with Gasteiger partial charge in [-0.2, -0.15) is 0 Å². The quantitative estimate of drug-likeness (QED) is 0.843. The molecule has 1 saturated heterocycles. The molecule has 0 aromatic heterocycles. The van der Waals surface area contributed by atoms with E-state index in [0.29, 0.717) is 13.1 Å². The fourth-order valence-corrected chi connectivity index (χ4v) is 2.13. The van der Waals surface area contributed by atoms with E-state index in [1.54, 1.807) is 12.0 Å². The molecule has 0 radical (unpaired) electrons. The Bertz CT molecular complexity index is 370. The van der Waals surface area contributed by atoms with Gasteiger partial charge in [0.1, 0.15) is 5.54 Å². The van der Waals surface area contributed by atoms with Gasteiger partial charge in [0.25, 0.3) is 0 Å². The molecule has 1 fully saturated rings. The topological polar surface area (TPSA) is 70.1 Å². The molecule has 0 aromatic carbocycles. The summed E-state index contributed by atoms with van der Waals surface area (Å²) in [4.78, 5) is 26.5. The second kappa shape index (κ2) is 5.36. The Kier molecular flexibility index (Phi) is 4.45. The number of piperidine rings is 1. The number of carbonyl (C=O) groups is 2. The third-order valence-electron chi connectivity index (χ3n) is 4.07. The molecule has 6 heteroatoms. The first-order valence-corrected chi connectivity index (χ1v) is 6.45. The van der Waals surface area contributed by atoms with Crippen LogP contribution < -0.4 is 0 Å². The van der Waals surface area contributed by atoms with Gasteiger partial charge >= 0.3 is 12.0 Å². The summed E-state index contributed by atoms with van der Waals surface area (Å²) in [5.74, 6) is -1.02. The van der Waals surface area contributed by atoms with Crippen LogP contribution in [0.25, 0.3) is 0 Å². The molecular formula is C13H24N2O4. The van der Waals surface area contributed by atoms with Gasteiger partial charge < -0.3 is 19.6 Å². The number of aliphatic carboxylic acids is 1. The lowest BCUT2D eigenvalue weighted by Gasteiger charge is -2.43. The highest BCUT2D eigenvalue weighted by molar-refractivity contribution is 5.85. The molecule has 0 spiro atoms. The molecule has 0 aromatic rings. The SMILES string of the molecule is COC1(C)CCCN(C(=O)N(C)C(C)(C)C(=O)O)C1. The molecule has 1 unspecified atom stereocenters. The standard InChI is InChI=1S/C13H24N2O4/c1-12(2,10(16)17)14(4)11(18)15-8-6-7-13(3,9-15)19-5/h6-9H2,1-5H3,(H,16,17). The first-order chi connectivity index (χ1) is 8.64. The number of likely N-dealkylation sites (N-methyl/N-ethyl adjacent to an activating group) is 1. The number of urea groups is 1. The van der Waals surface area contributed by atoms with Crippen molar-refractivity contribution < 1.29 is 19.4 Å². The number of carboxylic acid groups (broad SMARTS) is 1. The number of methoxy groups -OCH3 is 1. The zero-order chi connectivity index (χ0) is 14.8. The molecule has 6 nitrogen and oxygen atoms in total. The summed E-state index contributed by atoms with van der Waals surface area (Å²) < 4.78 is 5.44. The van der Waals surface area contributed by atoms with Gasteiger partial charge in [-0.15, -0.1) is 0 Å². The minimum Gasteiger partial charge on any atom is -0.480 e. The zero-order valence-electron chi connectivity index (χ0n) is 12.4. The summed E-state index contributed by atoms with van der Waals surface area (Å²) in [6, 6.07) is -0.268. The average molecular weight is 272 g/mol. The number of amides is 2. The molecule has 19 heavy (non-hydrogen) atoms. The number of rotatable bonds is 3. The molecule has 110 valence electrons. The van der Waals surface area contributed by atoms with Crippen molar-refractivity contribution in [3.05, 3.63) is 0 Å². The first-order valence-electron chi connectivity index (χ1n) is 6.45. The van der Waals surface area contributed by atoms with E-state index in [9.17, 15) is 14.7 Å². The van der Waals surface area contributed by atoms with Gasteiger partial charge in [0.05, 0.1) is 12.1 Å². The van der Waals surface area contributed by atoms with Crippen LogP contribution in [0.1, 0.15) is 33.6 Å². The van der Waals surface area contributed by atoms with Crippen LogP contribution in [0, 0.1) is 0 Å². The van der Waals surface area contributed by atoms with E-state index in [2.05, 4.69) is 0 Å². The third-order valence-corrected chi connectivity index (χ3v) is 4.07. The van der Waals surface area contributed by atoms with Crippen LogP contribution in [-0.4, -0.2) is 65.3 Å². The van der Waals surface area contributed by atoms with E-state index < -0.39 is 11.5 Å². The van der Waals surface area contributed by atoms with Crippen LogP contribution in [0.2, 0.25) is 0 Å². The van der Waals surface area contributed by atoms with Crippen molar-refractivity contribution in [1.82, 2.24) is 9.80 Å². The monoisotopic (exact) mass is 272 g/mol. The maximum atomic E-state index is 12.4. The smallest absolute Gasteiger partial charge is 0.329 e. The van der Waals surface area contributed by atoms with Gasteiger partial charge in [-0.25, -0.2) is 9.59 Å². The van der Waals surface area contributed by atoms with E-state index in [4.69, 9.17) is 4.74 Å². The van der Waals surface area contributed by atoms with Crippen LogP contribution in [0.5, 0.6) is 0 Å². The summed E-state index contributed by atoms with van der Waals surface area (Å²) >= 11 is 0. The molecule has 0 aliphatic carbocycles. The number of ether oxygens (including phenoxy) is 1. The van der Waals surface area contributed by atoms with E-state index >= 15 is 0 Å². The molecule has 0 bridgehead atoms. The van der Waals surface area contributed by atoms with E-state index in [0.717, 1.165) is 12.8 Å². The number of nitrogens with zero attached hydrogens (tertiary/aromatic N) is 2. The van der Waals surface area contributed by atoms with Crippen molar-refractivity contribution >= 4 is 12.0 Å². The van der Waals surface area contributed by atoms with Crippen molar-refractivity contribution in [3.8, 4) is 0 Å². The van der Waals surface area contributed by atoms with Gasteiger partial charge in [-0.1, -0.05) is 0 Å².